The number of fused-ring (bicyclic) bond motifs is 12. The third-order valence-corrected chi connectivity index (χ3v) is 20.6. The van der Waals surface area contributed by atoms with Crippen molar-refractivity contribution in [3.63, 3.8) is 0 Å². The first-order valence-corrected chi connectivity index (χ1v) is 32.0. The first kappa shape index (κ1) is 66.7. The van der Waals surface area contributed by atoms with Crippen LogP contribution in [0.2, 0.25) is 0 Å². The van der Waals surface area contributed by atoms with Crippen LogP contribution in [0.5, 0.6) is 0 Å². The molecule has 8 aromatic carbocycles. The number of hydrogen-bond donors (Lipinski definition) is 0. The molecule has 0 bridgehead atoms. The molecule has 0 fully saturated rings. The molecule has 0 atom stereocenters. The van der Waals surface area contributed by atoms with Crippen LogP contribution in [0, 0.1) is 40.5 Å². The summed E-state index contributed by atoms with van der Waals surface area (Å²) in [5, 5.41) is 10.5. The largest absolute Gasteiger partial charge is 0.520 e. The summed E-state index contributed by atoms with van der Waals surface area (Å²) in [7, 11) is 2.13. The molecule has 13 heteroatoms. The van der Waals surface area contributed by atoms with Gasteiger partial charge in [0, 0.05) is 133 Å². The fourth-order valence-corrected chi connectivity index (χ4v) is 16.0. The summed E-state index contributed by atoms with van der Waals surface area (Å²) in [6.45, 7) is 18.3. The van der Waals surface area contributed by atoms with Gasteiger partial charge in [0.05, 0.1) is 6.61 Å². The first-order chi connectivity index (χ1) is 40.3. The number of benzene rings is 8. The standard InChI is InChI=1S/C20H21N2.2C19H18NS.C16H12NOS.4Ir/c1-20(2)11-6-12-21-19(20)14-9-10-18-16(13-14)15-7-4-5-8-17(15)22(18)3;1-19(2)10-5-11-20-18(19)13-8-9-17-15(12-13)14-6-3-4-7-16(14)21-17;1-19(2)10-5-11-20-18(19)13-8-9-15-14-6-3-4-7-16(14)21-17(15)12-13;1-2-5-14-12(4-1)13-10-11(6-7-15(13)19-14)16-17-8-3-9-18-16;;;;/h4-5,7-8,10,13H,6,11-12H2,1-3H3;2*3-4,6-7,9,12H,5,10-11H2,1-2H3;1-2,4-5,7,10H,3,8-9H2;;;;/q4*-1;;;;. The molecule has 12 aromatic rings. The maximum Gasteiger partial charge on any atom is 0.129 e. The van der Waals surface area contributed by atoms with E-state index in [4.69, 9.17) is 19.7 Å². The van der Waals surface area contributed by atoms with Crippen LogP contribution in [0.4, 0.5) is 0 Å². The van der Waals surface area contributed by atoms with E-state index >= 15 is 0 Å². The fourth-order valence-electron chi connectivity index (χ4n) is 12.7. The van der Waals surface area contributed by atoms with E-state index in [0.29, 0.717) is 0 Å². The first-order valence-electron chi connectivity index (χ1n) is 29.5. The third-order valence-electron chi connectivity index (χ3n) is 17.2. The summed E-state index contributed by atoms with van der Waals surface area (Å²) >= 11 is 5.52. The monoisotopic (exact) mass is 1910 g/mol. The molecule has 8 heterocycles. The average Bonchev–Trinajstić information content (AvgIpc) is 1.79. The number of aromatic nitrogens is 1. The minimum absolute atomic E-state index is 0. The van der Waals surface area contributed by atoms with Gasteiger partial charge in [0.15, 0.2) is 0 Å². The molecule has 0 aliphatic carbocycles. The van der Waals surface area contributed by atoms with Gasteiger partial charge < -0.3 is 24.3 Å². The van der Waals surface area contributed by atoms with Crippen LogP contribution in [0.25, 0.3) is 82.3 Å². The molecule has 0 saturated carbocycles. The molecule has 4 aromatic heterocycles. The maximum atomic E-state index is 5.62. The molecule has 4 aliphatic heterocycles. The number of aryl methyl sites for hydroxylation is 1. The van der Waals surface area contributed by atoms with Crippen LogP contribution in [0.15, 0.2) is 166 Å². The molecule has 454 valence electrons. The van der Waals surface area contributed by atoms with Crippen molar-refractivity contribution < 1.29 is 85.2 Å². The maximum absolute atomic E-state index is 5.62. The average molecular weight is 1910 g/mol. The van der Waals surface area contributed by atoms with Gasteiger partial charge in [-0.3, -0.25) is 4.99 Å². The van der Waals surface area contributed by atoms with E-state index in [0.717, 1.165) is 56.2 Å². The zero-order valence-corrected chi connectivity index (χ0v) is 62.1. The Morgan fingerprint density at radius 2 is 0.782 bits per heavy atom. The Labute approximate surface area is 577 Å². The molecule has 0 saturated heterocycles. The summed E-state index contributed by atoms with van der Waals surface area (Å²) in [5.41, 5.74) is 11.1. The van der Waals surface area contributed by atoms with Crippen LogP contribution in [0.3, 0.4) is 0 Å². The Hall–Kier alpha value is -4.70. The normalized spacial score (nSPS) is 16.6. The topological polar surface area (TPSA) is 63.6 Å². The zero-order valence-electron chi connectivity index (χ0n) is 50.0. The van der Waals surface area contributed by atoms with Crippen molar-refractivity contribution in [2.45, 2.75) is 86.5 Å². The summed E-state index contributed by atoms with van der Waals surface area (Å²) in [6, 6.07) is 65.6. The van der Waals surface area contributed by atoms with Crippen molar-refractivity contribution in [1.29, 1.82) is 0 Å². The van der Waals surface area contributed by atoms with Gasteiger partial charge in [-0.25, -0.2) is 0 Å². The van der Waals surface area contributed by atoms with Crippen molar-refractivity contribution in [3.05, 3.63) is 192 Å². The van der Waals surface area contributed by atoms with Crippen molar-refractivity contribution in [3.8, 4) is 0 Å². The number of rotatable bonds is 4. The molecule has 4 radical (unpaired) electrons. The second-order valence-electron chi connectivity index (χ2n) is 24.4. The Bertz CT molecular complexity index is 4570. The van der Waals surface area contributed by atoms with Gasteiger partial charge in [0.25, 0.3) is 0 Å². The predicted octanol–water partition coefficient (Wildman–Crippen LogP) is 19.7. The van der Waals surface area contributed by atoms with Crippen LogP contribution >= 0.6 is 34.0 Å². The Morgan fingerprint density at radius 1 is 0.379 bits per heavy atom. The third kappa shape index (κ3) is 13.7. The second-order valence-corrected chi connectivity index (χ2v) is 27.7. The molecular formula is C74H69Ir4N5OS3-4. The second kappa shape index (κ2) is 28.2. The van der Waals surface area contributed by atoms with Gasteiger partial charge in [-0.05, 0) is 144 Å². The molecule has 6 nitrogen and oxygen atoms in total. The number of ether oxygens (including phenoxy) is 1. The van der Waals surface area contributed by atoms with Gasteiger partial charge in [-0.1, -0.05) is 141 Å². The molecule has 0 unspecified atom stereocenters. The number of hydrogen-bond acceptors (Lipinski definition) is 8. The van der Waals surface area contributed by atoms with Crippen molar-refractivity contribution in [2.24, 2.45) is 43.3 Å². The van der Waals surface area contributed by atoms with Gasteiger partial charge >= 0.3 is 0 Å². The molecule has 0 spiro atoms. The van der Waals surface area contributed by atoms with Crippen LogP contribution in [0.1, 0.15) is 109 Å². The van der Waals surface area contributed by atoms with E-state index in [2.05, 4.69) is 228 Å². The minimum atomic E-state index is 0. The van der Waals surface area contributed by atoms with Gasteiger partial charge in [-0.2, -0.15) is 34.0 Å². The molecule has 4 aliphatic rings. The van der Waals surface area contributed by atoms with Crippen molar-refractivity contribution in [1.82, 2.24) is 4.57 Å². The molecule has 87 heavy (non-hydrogen) atoms. The van der Waals surface area contributed by atoms with Crippen LogP contribution < -0.4 is 0 Å². The number of aliphatic imine (C=N–C) groups is 4. The van der Waals surface area contributed by atoms with E-state index in [1.165, 1.54) is 149 Å². The number of nitrogens with zero attached hydrogens (tertiary/aromatic N) is 5. The minimum Gasteiger partial charge on any atom is -0.520 e. The van der Waals surface area contributed by atoms with E-state index in [1.807, 2.05) is 22.7 Å². The molecular weight excluding hydrogens is 1840 g/mol. The fraction of sp³-hybridized carbons (Fsp3) is 0.297. The van der Waals surface area contributed by atoms with E-state index in [-0.39, 0.29) is 96.7 Å². The predicted molar refractivity (Wildman–Crippen MR) is 359 cm³/mol. The summed E-state index contributed by atoms with van der Waals surface area (Å²) in [4.78, 5) is 18.9. The smallest absolute Gasteiger partial charge is 0.129 e. The van der Waals surface area contributed by atoms with Crippen LogP contribution in [-0.4, -0.2) is 60.4 Å². The van der Waals surface area contributed by atoms with Gasteiger partial charge in [-0.15, -0.1) is 89.5 Å². The SMILES string of the molecule is CC1(C)CCCN=C1c1[c-]cc2c(c1)sc1ccccc12.CC1(C)CCCN=C1c1[c-]cc2sc3ccccc3c2c1.Cn1c2c[c-]c(C3=NCCCC3(C)C)cc2c2ccccc21.[Ir].[Ir].[Ir].[Ir].[c-]1cc2sc3ccccc3c2cc1C1=NCCCO1. The van der Waals surface area contributed by atoms with E-state index in [9.17, 15) is 0 Å². The summed E-state index contributed by atoms with van der Waals surface area (Å²) < 4.78 is 15.8. The van der Waals surface area contributed by atoms with Crippen LogP contribution in [-0.2, 0) is 92.2 Å². The van der Waals surface area contributed by atoms with Crippen molar-refractivity contribution >= 4 is 139 Å². The molecule has 0 amide bonds. The number of para-hydroxylation sites is 1. The summed E-state index contributed by atoms with van der Waals surface area (Å²) in [5.74, 6) is 0.739. The van der Waals surface area contributed by atoms with Gasteiger partial charge in [0.1, 0.15) is 5.90 Å². The zero-order chi connectivity index (χ0) is 56.9. The quantitative estimate of drug-likeness (QED) is 0.162. The van der Waals surface area contributed by atoms with E-state index < -0.39 is 0 Å². The van der Waals surface area contributed by atoms with E-state index in [1.54, 1.807) is 11.3 Å². The molecule has 16 rings (SSSR count). The Balaban J connectivity index is 0.000000136. The van der Waals surface area contributed by atoms with Crippen molar-refractivity contribution in [2.75, 3.05) is 32.8 Å². The Morgan fingerprint density at radius 3 is 1.29 bits per heavy atom. The summed E-state index contributed by atoms with van der Waals surface area (Å²) in [6.07, 6.45) is 8.21. The number of thiophene rings is 3. The Kier molecular flexibility index (Phi) is 21.6. The van der Waals surface area contributed by atoms with Gasteiger partial charge in [0.2, 0.25) is 0 Å². The molecule has 0 N–H and O–H groups in total.